The molecule has 4 rings (SSSR count). The van der Waals surface area contributed by atoms with E-state index in [9.17, 15) is 9.90 Å². The van der Waals surface area contributed by atoms with Crippen LogP contribution in [0.2, 0.25) is 10.0 Å². The molecule has 0 saturated heterocycles. The van der Waals surface area contributed by atoms with Crippen LogP contribution >= 0.6 is 23.2 Å². The molecule has 5 nitrogen and oxygen atoms in total. The summed E-state index contributed by atoms with van der Waals surface area (Å²) < 4.78 is 6.24. The zero-order chi connectivity index (χ0) is 22.3. The lowest BCUT2D eigenvalue weighted by Gasteiger charge is -2.19. The van der Waals surface area contributed by atoms with Crippen LogP contribution in [0, 0.1) is 6.92 Å². The average Bonchev–Trinajstić information content (AvgIpc) is 2.74. The number of nitrogens with one attached hydrogen (secondary N) is 1. The molecule has 158 valence electrons. The third-order valence-corrected chi connectivity index (χ3v) is 5.85. The second-order valence-corrected chi connectivity index (χ2v) is 7.95. The van der Waals surface area contributed by atoms with Crippen molar-refractivity contribution in [1.29, 1.82) is 0 Å². The van der Waals surface area contributed by atoms with E-state index in [1.165, 1.54) is 6.07 Å². The van der Waals surface area contributed by atoms with Gasteiger partial charge in [0.05, 0.1) is 15.9 Å². The molecular formula is C24H20Cl2N2O3. The third-order valence-electron chi connectivity index (χ3n) is 5.22. The zero-order valence-corrected chi connectivity index (χ0v) is 18.7. The van der Waals surface area contributed by atoms with E-state index in [4.69, 9.17) is 27.6 Å². The first-order chi connectivity index (χ1) is 14.8. The number of hydrogen-bond acceptors (Lipinski definition) is 4. The second kappa shape index (κ2) is 8.25. The van der Waals surface area contributed by atoms with Crippen molar-refractivity contribution in [3.63, 3.8) is 0 Å². The number of hydrogen-bond donors (Lipinski definition) is 2. The number of aryl methyl sites for hydroxylation is 1. The summed E-state index contributed by atoms with van der Waals surface area (Å²) in [6.07, 6.45) is 0. The Labute approximate surface area is 189 Å². The first-order valence-corrected chi connectivity index (χ1v) is 10.5. The number of benzene rings is 3. The maximum Gasteiger partial charge on any atom is 0.337 e. The van der Waals surface area contributed by atoms with Crippen LogP contribution in [0.25, 0.3) is 33.4 Å². The van der Waals surface area contributed by atoms with E-state index in [1.54, 1.807) is 6.07 Å². The van der Waals surface area contributed by atoms with Gasteiger partial charge in [0.1, 0.15) is 11.3 Å². The molecule has 0 fully saturated rings. The second-order valence-electron chi connectivity index (χ2n) is 7.13. The van der Waals surface area contributed by atoms with Crippen molar-refractivity contribution in [1.82, 2.24) is 0 Å². The Hall–Kier alpha value is -3.02. The summed E-state index contributed by atoms with van der Waals surface area (Å²) in [5, 5.41) is 15.0. The molecule has 0 bridgehead atoms. The lowest BCUT2D eigenvalue weighted by Crippen LogP contribution is -2.09. The molecule has 0 radical (unpaired) electrons. The van der Waals surface area contributed by atoms with E-state index in [2.05, 4.69) is 10.3 Å². The number of anilines is 1. The van der Waals surface area contributed by atoms with E-state index in [1.807, 2.05) is 51.2 Å². The van der Waals surface area contributed by atoms with Crippen molar-refractivity contribution in [2.75, 3.05) is 18.9 Å². The molecule has 1 aliphatic heterocycles. The average molecular weight is 455 g/mol. The fraction of sp³-hybridized carbons (Fsp3) is 0.167. The number of rotatable bonds is 4. The summed E-state index contributed by atoms with van der Waals surface area (Å²) in [4.78, 5) is 16.7. The number of carboxylic acids is 1. The van der Waals surface area contributed by atoms with Crippen LogP contribution in [-0.4, -0.2) is 24.7 Å². The van der Waals surface area contributed by atoms with Gasteiger partial charge in [-0.05, 0) is 49.7 Å². The molecule has 31 heavy (non-hydrogen) atoms. The summed E-state index contributed by atoms with van der Waals surface area (Å²) in [6.45, 7) is 4.57. The molecular weight excluding hydrogens is 435 g/mol. The van der Waals surface area contributed by atoms with Crippen molar-refractivity contribution in [2.45, 2.75) is 13.8 Å². The van der Waals surface area contributed by atoms with Crippen LogP contribution in [0.4, 0.5) is 5.69 Å². The van der Waals surface area contributed by atoms with Crippen molar-refractivity contribution < 1.29 is 14.3 Å². The highest BCUT2D eigenvalue weighted by molar-refractivity contribution is 6.39. The van der Waals surface area contributed by atoms with Gasteiger partial charge in [0, 0.05) is 58.5 Å². The van der Waals surface area contributed by atoms with Crippen molar-refractivity contribution in [3.8, 4) is 22.5 Å². The van der Waals surface area contributed by atoms with E-state index >= 15 is 0 Å². The van der Waals surface area contributed by atoms with Gasteiger partial charge in [0.25, 0.3) is 0 Å². The minimum Gasteiger partial charge on any atom is -0.478 e. The first kappa shape index (κ1) is 21.2. The Morgan fingerprint density at radius 1 is 1.10 bits per heavy atom. The number of carbonyl (C=O) groups is 1. The van der Waals surface area contributed by atoms with E-state index in [0.717, 1.165) is 27.6 Å². The maximum absolute atomic E-state index is 12.2. The highest BCUT2D eigenvalue weighted by Crippen LogP contribution is 2.46. The predicted molar refractivity (Wildman–Crippen MR) is 126 cm³/mol. The molecule has 0 amide bonds. The molecule has 0 aromatic heterocycles. The first-order valence-electron chi connectivity index (χ1n) is 9.76. The topological polar surface area (TPSA) is 74.8 Å². The van der Waals surface area contributed by atoms with Crippen LogP contribution in [0.1, 0.15) is 22.8 Å². The van der Waals surface area contributed by atoms with Crippen LogP contribution in [-0.2, 0) is 0 Å². The Morgan fingerprint density at radius 2 is 1.84 bits per heavy atom. The highest BCUT2D eigenvalue weighted by atomic mass is 35.5. The summed E-state index contributed by atoms with van der Waals surface area (Å²) in [7, 11) is 1.82. The smallest absolute Gasteiger partial charge is 0.337 e. The molecule has 1 aliphatic carbocycles. The van der Waals surface area contributed by atoms with E-state index in [0.29, 0.717) is 34.0 Å². The number of halogens is 2. The standard InChI is InChI=1S/C24H20Cl2N2O3/c1-4-28-18-11-20-15(9-12(18)2)21(14-6-5-13(27-3)10-19(14)31-20)22-16(25)7-8-17(26)23(22)24(29)30/h5-11,27H,4H2,1-3H3,(H,29,30). The molecule has 2 aromatic carbocycles. The Kier molecular flexibility index (Phi) is 5.65. The molecule has 2 N–H and O–H groups in total. The van der Waals surface area contributed by atoms with Crippen LogP contribution in [0.15, 0.2) is 51.9 Å². The van der Waals surface area contributed by atoms with Crippen molar-refractivity contribution >= 4 is 45.8 Å². The fourth-order valence-electron chi connectivity index (χ4n) is 3.80. The maximum atomic E-state index is 12.2. The molecule has 0 saturated carbocycles. The van der Waals surface area contributed by atoms with E-state index in [-0.39, 0.29) is 10.6 Å². The van der Waals surface area contributed by atoms with Gasteiger partial charge >= 0.3 is 5.97 Å². The summed E-state index contributed by atoms with van der Waals surface area (Å²) in [5.41, 5.74) is 4.13. The molecule has 1 heterocycles. The molecule has 0 spiro atoms. The Bertz CT molecular complexity index is 1380. The predicted octanol–water partition coefficient (Wildman–Crippen LogP) is 6.48. The molecule has 0 unspecified atom stereocenters. The van der Waals surface area contributed by atoms with Gasteiger partial charge in [-0.2, -0.15) is 0 Å². The normalized spacial score (nSPS) is 12.0. The van der Waals surface area contributed by atoms with Gasteiger partial charge < -0.3 is 14.8 Å². The molecule has 2 aromatic rings. The van der Waals surface area contributed by atoms with Gasteiger partial charge in [-0.15, -0.1) is 0 Å². The fourth-order valence-corrected chi connectivity index (χ4v) is 4.30. The van der Waals surface area contributed by atoms with Gasteiger partial charge in [-0.1, -0.05) is 23.2 Å². The third kappa shape index (κ3) is 3.64. The summed E-state index contributed by atoms with van der Waals surface area (Å²) in [6, 6.07) is 12.6. The molecule has 7 heteroatoms. The Morgan fingerprint density at radius 3 is 2.52 bits per heavy atom. The summed E-state index contributed by atoms with van der Waals surface area (Å²) >= 11 is 12.9. The van der Waals surface area contributed by atoms with Gasteiger partial charge in [-0.25, -0.2) is 4.79 Å². The Balaban J connectivity index is 2.26. The van der Waals surface area contributed by atoms with E-state index < -0.39 is 5.97 Å². The van der Waals surface area contributed by atoms with Crippen molar-refractivity contribution in [2.24, 2.45) is 4.99 Å². The van der Waals surface area contributed by atoms with Gasteiger partial charge in [-0.3, -0.25) is 4.99 Å². The summed E-state index contributed by atoms with van der Waals surface area (Å²) in [5.74, 6) is -0.563. The minimum atomic E-state index is -1.15. The van der Waals surface area contributed by atoms with Crippen LogP contribution < -0.4 is 10.7 Å². The van der Waals surface area contributed by atoms with Gasteiger partial charge in [0.15, 0.2) is 0 Å². The highest BCUT2D eigenvalue weighted by Gasteiger charge is 2.26. The SMILES string of the molecule is CCN=c1cc2oc3cc(NC)ccc3c(-c3c(Cl)ccc(Cl)c3C(=O)O)c-2cc1C. The number of aromatic carboxylic acids is 1. The lowest BCUT2D eigenvalue weighted by molar-refractivity contribution is 0.0698. The molecule has 0 atom stereocenters. The number of carboxylic acid groups (broad SMARTS) is 1. The van der Waals surface area contributed by atoms with Crippen LogP contribution in [0.3, 0.4) is 0 Å². The minimum absolute atomic E-state index is 0.0411. The largest absolute Gasteiger partial charge is 0.478 e. The van der Waals surface area contributed by atoms with Crippen LogP contribution in [0.5, 0.6) is 0 Å². The lowest BCUT2D eigenvalue weighted by atomic mass is 9.89. The number of nitrogens with zero attached hydrogens (tertiary/aromatic N) is 1. The van der Waals surface area contributed by atoms with Crippen molar-refractivity contribution in [3.05, 3.63) is 69.0 Å². The van der Waals surface area contributed by atoms with Gasteiger partial charge in [0.2, 0.25) is 0 Å². The molecule has 2 aliphatic rings. The quantitative estimate of drug-likeness (QED) is 0.346. The monoisotopic (exact) mass is 454 g/mol. The zero-order valence-electron chi connectivity index (χ0n) is 17.2. The number of fused-ring (bicyclic) bond motifs is 2.